The molecule has 7 nitrogen and oxygen atoms in total. The zero-order chi connectivity index (χ0) is 26.7. The lowest BCUT2D eigenvalue weighted by molar-refractivity contribution is 0.0728. The Balaban J connectivity index is 1.33. The van der Waals surface area contributed by atoms with Crippen LogP contribution < -0.4 is 19.6 Å². The van der Waals surface area contributed by atoms with E-state index in [1.165, 1.54) is 11.8 Å². The van der Waals surface area contributed by atoms with Gasteiger partial charge in [0.15, 0.2) is 11.5 Å². The second kappa shape index (κ2) is 12.9. The molecule has 1 N–H and O–H groups in total. The van der Waals surface area contributed by atoms with Crippen molar-refractivity contribution in [3.63, 3.8) is 0 Å². The standard InChI is InChI=1S/C31H28N2O5/c1-3-36-29-19-24(13-18-28(29)38-31(35)26-7-5-4-6-8-26)20-32-33-30(34)25-14-16-27(17-15-25)37-21-23-11-9-22(2)10-12-23/h4-20H,3,21H2,1-2H3,(H,33,34). The number of amides is 1. The molecule has 7 heteroatoms. The van der Waals surface area contributed by atoms with Gasteiger partial charge in [-0.2, -0.15) is 5.10 Å². The van der Waals surface area contributed by atoms with Gasteiger partial charge in [-0.3, -0.25) is 4.79 Å². The van der Waals surface area contributed by atoms with Crippen molar-refractivity contribution in [1.29, 1.82) is 0 Å². The Bertz CT molecular complexity index is 1400. The average molecular weight is 509 g/mol. The minimum absolute atomic E-state index is 0.298. The van der Waals surface area contributed by atoms with Crippen LogP contribution in [0.15, 0.2) is 102 Å². The highest BCUT2D eigenvalue weighted by atomic mass is 16.6. The number of ether oxygens (including phenoxy) is 3. The molecule has 0 spiro atoms. The van der Waals surface area contributed by atoms with Crippen LogP contribution in [0.5, 0.6) is 17.2 Å². The summed E-state index contributed by atoms with van der Waals surface area (Å²) < 4.78 is 16.9. The zero-order valence-electron chi connectivity index (χ0n) is 21.2. The number of carbonyl (C=O) groups is 2. The Labute approximate surface area is 221 Å². The number of rotatable bonds is 10. The topological polar surface area (TPSA) is 86.2 Å². The minimum Gasteiger partial charge on any atom is -0.490 e. The van der Waals surface area contributed by atoms with Gasteiger partial charge in [0.2, 0.25) is 0 Å². The van der Waals surface area contributed by atoms with E-state index in [1.807, 2.05) is 44.2 Å². The van der Waals surface area contributed by atoms with Gasteiger partial charge in [0.05, 0.1) is 18.4 Å². The maximum atomic E-state index is 12.5. The third kappa shape index (κ3) is 7.30. The number of carbonyl (C=O) groups excluding carboxylic acids is 2. The minimum atomic E-state index is -0.480. The molecule has 0 unspecified atom stereocenters. The monoisotopic (exact) mass is 508 g/mol. The molecule has 0 aliphatic carbocycles. The van der Waals surface area contributed by atoms with Gasteiger partial charge in [0.1, 0.15) is 12.4 Å². The van der Waals surface area contributed by atoms with Crippen molar-refractivity contribution in [2.24, 2.45) is 5.10 Å². The molecule has 0 fully saturated rings. The molecule has 0 aliphatic rings. The van der Waals surface area contributed by atoms with Crippen molar-refractivity contribution in [1.82, 2.24) is 5.43 Å². The van der Waals surface area contributed by atoms with Gasteiger partial charge in [-0.05, 0) is 79.6 Å². The first-order chi connectivity index (χ1) is 18.5. The van der Waals surface area contributed by atoms with E-state index < -0.39 is 5.97 Å². The summed E-state index contributed by atoms with van der Waals surface area (Å²) >= 11 is 0. The lowest BCUT2D eigenvalue weighted by Gasteiger charge is -2.11. The molecule has 0 bridgehead atoms. The van der Waals surface area contributed by atoms with E-state index in [9.17, 15) is 9.59 Å². The number of aryl methyl sites for hydroxylation is 1. The van der Waals surface area contributed by atoms with Gasteiger partial charge in [-0.1, -0.05) is 48.0 Å². The van der Waals surface area contributed by atoms with E-state index in [0.29, 0.717) is 47.2 Å². The summed E-state index contributed by atoms with van der Waals surface area (Å²) in [5, 5.41) is 4.04. The number of hydrogen-bond acceptors (Lipinski definition) is 6. The highest BCUT2D eigenvalue weighted by molar-refractivity contribution is 5.95. The first-order valence-electron chi connectivity index (χ1n) is 12.2. The first-order valence-corrected chi connectivity index (χ1v) is 12.2. The Kier molecular flexibility index (Phi) is 8.86. The van der Waals surface area contributed by atoms with E-state index in [2.05, 4.69) is 10.5 Å². The summed E-state index contributed by atoms with van der Waals surface area (Å²) in [7, 11) is 0. The molecule has 1 amide bonds. The molecular formula is C31H28N2O5. The smallest absolute Gasteiger partial charge is 0.343 e. The zero-order valence-corrected chi connectivity index (χ0v) is 21.2. The van der Waals surface area contributed by atoms with Crippen molar-refractivity contribution < 1.29 is 23.8 Å². The van der Waals surface area contributed by atoms with Gasteiger partial charge in [-0.15, -0.1) is 0 Å². The number of esters is 1. The van der Waals surface area contributed by atoms with Crippen LogP contribution in [0.2, 0.25) is 0 Å². The second-order valence-electron chi connectivity index (χ2n) is 8.39. The van der Waals surface area contributed by atoms with Crippen LogP contribution in [0.25, 0.3) is 0 Å². The summed E-state index contributed by atoms with van der Waals surface area (Å²) in [4.78, 5) is 24.9. The quantitative estimate of drug-likeness (QED) is 0.124. The van der Waals surface area contributed by atoms with Crippen LogP contribution in [0.1, 0.15) is 44.3 Å². The number of hydrazone groups is 1. The van der Waals surface area contributed by atoms with Crippen molar-refractivity contribution in [2.75, 3.05) is 6.61 Å². The van der Waals surface area contributed by atoms with Crippen LogP contribution in [0.4, 0.5) is 0 Å². The Hall–Kier alpha value is -4.91. The van der Waals surface area contributed by atoms with Crippen molar-refractivity contribution >= 4 is 18.1 Å². The first kappa shape index (κ1) is 26.2. The lowest BCUT2D eigenvalue weighted by Crippen LogP contribution is -2.17. The molecule has 0 saturated heterocycles. The predicted octanol–water partition coefficient (Wildman–Crippen LogP) is 5.96. The number of nitrogens with zero attached hydrogens (tertiary/aromatic N) is 1. The van der Waals surface area contributed by atoms with E-state index in [4.69, 9.17) is 14.2 Å². The molecule has 0 heterocycles. The molecular weight excluding hydrogens is 480 g/mol. The van der Waals surface area contributed by atoms with Gasteiger partial charge in [0, 0.05) is 5.56 Å². The SMILES string of the molecule is CCOc1cc(C=NNC(=O)c2ccc(OCc3ccc(C)cc3)cc2)ccc1OC(=O)c1ccccc1. The second-order valence-corrected chi connectivity index (χ2v) is 8.39. The number of benzene rings is 4. The Morgan fingerprint density at radius 3 is 2.26 bits per heavy atom. The van der Waals surface area contributed by atoms with Crippen LogP contribution >= 0.6 is 0 Å². The largest absolute Gasteiger partial charge is 0.490 e. The molecule has 4 aromatic carbocycles. The van der Waals surface area contributed by atoms with E-state index in [1.54, 1.807) is 66.7 Å². The van der Waals surface area contributed by atoms with Gasteiger partial charge in [-0.25, -0.2) is 10.2 Å². The fourth-order valence-electron chi connectivity index (χ4n) is 3.47. The van der Waals surface area contributed by atoms with Crippen molar-refractivity contribution in [3.8, 4) is 17.2 Å². The van der Waals surface area contributed by atoms with Gasteiger partial charge >= 0.3 is 5.97 Å². The molecule has 38 heavy (non-hydrogen) atoms. The van der Waals surface area contributed by atoms with Crippen LogP contribution in [0.3, 0.4) is 0 Å². The molecule has 4 rings (SSSR count). The fourth-order valence-corrected chi connectivity index (χ4v) is 3.47. The normalized spacial score (nSPS) is 10.7. The third-order valence-electron chi connectivity index (χ3n) is 5.50. The highest BCUT2D eigenvalue weighted by Crippen LogP contribution is 2.29. The summed E-state index contributed by atoms with van der Waals surface area (Å²) in [6.45, 7) is 4.71. The summed E-state index contributed by atoms with van der Waals surface area (Å²) in [6, 6.07) is 28.7. The molecule has 0 radical (unpaired) electrons. The maximum Gasteiger partial charge on any atom is 0.343 e. The van der Waals surface area contributed by atoms with Gasteiger partial charge < -0.3 is 14.2 Å². The average Bonchev–Trinajstić information content (AvgIpc) is 2.95. The number of hydrogen-bond donors (Lipinski definition) is 1. The molecule has 0 aromatic heterocycles. The number of nitrogens with one attached hydrogen (secondary N) is 1. The lowest BCUT2D eigenvalue weighted by atomic mass is 10.2. The Morgan fingerprint density at radius 1 is 0.816 bits per heavy atom. The van der Waals surface area contributed by atoms with E-state index in [0.717, 1.165) is 5.56 Å². The summed E-state index contributed by atoms with van der Waals surface area (Å²) in [6.07, 6.45) is 1.49. The molecule has 4 aromatic rings. The molecule has 192 valence electrons. The predicted molar refractivity (Wildman–Crippen MR) is 146 cm³/mol. The molecule has 0 atom stereocenters. The van der Waals surface area contributed by atoms with Crippen LogP contribution in [0, 0.1) is 6.92 Å². The van der Waals surface area contributed by atoms with E-state index >= 15 is 0 Å². The van der Waals surface area contributed by atoms with E-state index in [-0.39, 0.29) is 5.91 Å². The molecule has 0 saturated carbocycles. The summed E-state index contributed by atoms with van der Waals surface area (Å²) in [5.41, 5.74) is 6.33. The third-order valence-corrected chi connectivity index (χ3v) is 5.50. The highest BCUT2D eigenvalue weighted by Gasteiger charge is 2.13. The maximum absolute atomic E-state index is 12.5. The van der Waals surface area contributed by atoms with Crippen molar-refractivity contribution in [2.45, 2.75) is 20.5 Å². The molecule has 0 aliphatic heterocycles. The Morgan fingerprint density at radius 2 is 1.55 bits per heavy atom. The summed E-state index contributed by atoms with van der Waals surface area (Å²) in [5.74, 6) is 0.526. The fraction of sp³-hybridized carbons (Fsp3) is 0.129. The van der Waals surface area contributed by atoms with Crippen molar-refractivity contribution in [3.05, 3.63) is 125 Å². The van der Waals surface area contributed by atoms with Crippen LogP contribution in [-0.2, 0) is 6.61 Å². The van der Waals surface area contributed by atoms with Gasteiger partial charge in [0.25, 0.3) is 5.91 Å². The van der Waals surface area contributed by atoms with Crippen LogP contribution in [-0.4, -0.2) is 24.7 Å².